The molecule has 0 saturated heterocycles. The topological polar surface area (TPSA) is 117 Å². The molecule has 0 bridgehead atoms. The first-order chi connectivity index (χ1) is 9.16. The van der Waals surface area contributed by atoms with Gasteiger partial charge in [-0.05, 0) is 6.92 Å². The Bertz CT molecular complexity index is 799. The molecule has 3 aromatic rings. The van der Waals surface area contributed by atoms with E-state index in [1.807, 2.05) is 0 Å². The normalized spacial score (nSPS) is 10.8. The Morgan fingerprint density at radius 1 is 1.37 bits per heavy atom. The molecule has 0 aliphatic carbocycles. The van der Waals surface area contributed by atoms with Gasteiger partial charge in [-0.2, -0.15) is 0 Å². The summed E-state index contributed by atoms with van der Waals surface area (Å²) in [5.74, 6) is 0.132. The molecule has 3 rings (SSSR count). The van der Waals surface area contributed by atoms with Crippen LogP contribution < -0.4 is 10.9 Å². The van der Waals surface area contributed by atoms with Crippen molar-refractivity contribution < 1.29 is 9.21 Å². The summed E-state index contributed by atoms with van der Waals surface area (Å²) in [7, 11) is 0. The number of nitrogens with zero attached hydrogens (tertiary/aromatic N) is 2. The number of rotatable bonds is 2. The van der Waals surface area contributed by atoms with Crippen molar-refractivity contribution >= 4 is 23.0 Å². The molecule has 3 aromatic heterocycles. The molecule has 0 atom stereocenters. The zero-order valence-corrected chi connectivity index (χ0v) is 9.85. The zero-order chi connectivity index (χ0) is 13.4. The molecular weight excluding hydrogens is 250 g/mol. The van der Waals surface area contributed by atoms with Gasteiger partial charge in [0.2, 0.25) is 11.7 Å². The summed E-state index contributed by atoms with van der Waals surface area (Å²) >= 11 is 0. The number of imidazole rings is 1. The van der Waals surface area contributed by atoms with Crippen LogP contribution in [0, 0.1) is 6.92 Å². The minimum Gasteiger partial charge on any atom is -0.442 e. The van der Waals surface area contributed by atoms with E-state index >= 15 is 0 Å². The van der Waals surface area contributed by atoms with Crippen molar-refractivity contribution in [2.24, 2.45) is 0 Å². The molecule has 8 heteroatoms. The predicted octanol–water partition coefficient (Wildman–Crippen LogP) is 0.800. The Morgan fingerprint density at radius 3 is 2.95 bits per heavy atom. The number of carbonyl (C=O) groups excluding carboxylic acids is 1. The van der Waals surface area contributed by atoms with E-state index in [1.54, 1.807) is 13.1 Å². The molecule has 0 spiro atoms. The molecule has 3 heterocycles. The Hall–Kier alpha value is -2.90. The van der Waals surface area contributed by atoms with E-state index < -0.39 is 11.5 Å². The number of hydrogen-bond donors (Lipinski definition) is 3. The number of anilines is 1. The second kappa shape index (κ2) is 4.09. The minimum atomic E-state index is -0.482. The van der Waals surface area contributed by atoms with E-state index in [0.29, 0.717) is 11.7 Å². The van der Waals surface area contributed by atoms with Gasteiger partial charge >= 0.3 is 0 Å². The lowest BCUT2D eigenvalue weighted by Gasteiger charge is -2.00. The fourth-order valence-electron chi connectivity index (χ4n) is 1.83. The molecule has 0 aliphatic heterocycles. The van der Waals surface area contributed by atoms with E-state index in [2.05, 4.69) is 25.3 Å². The quantitative estimate of drug-likeness (QED) is 0.629. The molecule has 0 aromatic carbocycles. The van der Waals surface area contributed by atoms with Crippen molar-refractivity contribution in [1.29, 1.82) is 0 Å². The summed E-state index contributed by atoms with van der Waals surface area (Å²) < 4.78 is 5.30. The van der Waals surface area contributed by atoms with Crippen molar-refractivity contribution in [1.82, 2.24) is 19.9 Å². The van der Waals surface area contributed by atoms with Crippen LogP contribution in [0.3, 0.4) is 0 Å². The van der Waals surface area contributed by atoms with Crippen molar-refractivity contribution in [3.05, 3.63) is 40.4 Å². The largest absolute Gasteiger partial charge is 0.442 e. The Balaban J connectivity index is 2.12. The maximum Gasteiger partial charge on any atom is 0.262 e. The van der Waals surface area contributed by atoms with Crippen LogP contribution in [0.25, 0.3) is 11.1 Å². The molecule has 3 N–H and O–H groups in total. The van der Waals surface area contributed by atoms with Crippen LogP contribution >= 0.6 is 0 Å². The summed E-state index contributed by atoms with van der Waals surface area (Å²) in [4.78, 5) is 36.8. The lowest BCUT2D eigenvalue weighted by molar-refractivity contribution is 0.102. The highest BCUT2D eigenvalue weighted by Gasteiger charge is 2.22. The van der Waals surface area contributed by atoms with Crippen LogP contribution in [0.1, 0.15) is 16.1 Å². The van der Waals surface area contributed by atoms with Crippen LogP contribution in [0.15, 0.2) is 27.9 Å². The van der Waals surface area contributed by atoms with E-state index in [0.717, 1.165) is 0 Å². The minimum absolute atomic E-state index is 0.129. The Kier molecular flexibility index (Phi) is 2.41. The monoisotopic (exact) mass is 259 g/mol. The smallest absolute Gasteiger partial charge is 0.262 e. The highest BCUT2D eigenvalue weighted by Crippen LogP contribution is 2.21. The second-order valence-electron chi connectivity index (χ2n) is 3.84. The van der Waals surface area contributed by atoms with Gasteiger partial charge in [0.15, 0.2) is 0 Å². The first-order valence-corrected chi connectivity index (χ1v) is 5.44. The third kappa shape index (κ3) is 1.79. The second-order valence-corrected chi connectivity index (χ2v) is 3.84. The van der Waals surface area contributed by atoms with Crippen molar-refractivity contribution in [2.75, 3.05) is 5.32 Å². The average molecular weight is 259 g/mol. The van der Waals surface area contributed by atoms with Gasteiger partial charge in [-0.3, -0.25) is 14.9 Å². The molecule has 0 saturated carbocycles. The first kappa shape index (κ1) is 11.2. The van der Waals surface area contributed by atoms with Crippen LogP contribution in [0.2, 0.25) is 0 Å². The maximum absolute atomic E-state index is 12.1. The van der Waals surface area contributed by atoms with Gasteiger partial charge in [-0.1, -0.05) is 0 Å². The van der Waals surface area contributed by atoms with E-state index in [9.17, 15) is 9.59 Å². The van der Waals surface area contributed by atoms with Crippen LogP contribution in [-0.4, -0.2) is 25.8 Å². The number of H-pyrrole nitrogens is 2. The lowest BCUT2D eigenvalue weighted by atomic mass is 10.2. The van der Waals surface area contributed by atoms with E-state index in [4.69, 9.17) is 4.42 Å². The van der Waals surface area contributed by atoms with Crippen LogP contribution in [0.5, 0.6) is 0 Å². The van der Waals surface area contributed by atoms with Gasteiger partial charge in [-0.25, -0.2) is 9.97 Å². The molecular formula is C11H9N5O3. The predicted molar refractivity (Wildman–Crippen MR) is 65.9 cm³/mol. The molecule has 0 unspecified atom stereocenters. The van der Waals surface area contributed by atoms with Gasteiger partial charge in [0.25, 0.3) is 11.5 Å². The third-order valence-electron chi connectivity index (χ3n) is 2.63. The summed E-state index contributed by atoms with van der Waals surface area (Å²) in [5, 5.41) is 2.67. The highest BCUT2D eigenvalue weighted by molar-refractivity contribution is 6.12. The van der Waals surface area contributed by atoms with Crippen molar-refractivity contribution in [3.8, 4) is 0 Å². The van der Waals surface area contributed by atoms with Crippen LogP contribution in [-0.2, 0) is 0 Å². The summed E-state index contributed by atoms with van der Waals surface area (Å²) in [5.41, 5.74) is -0.141. The molecule has 8 nitrogen and oxygen atoms in total. The molecule has 96 valence electrons. The number of amides is 1. The SMILES string of the molecule is Cc1oc2nc[nH]c(=O)c2c1C(=O)Nc1ncc[nH]1. The van der Waals surface area contributed by atoms with Gasteiger partial charge in [0, 0.05) is 12.4 Å². The van der Waals surface area contributed by atoms with Crippen molar-refractivity contribution in [3.63, 3.8) is 0 Å². The lowest BCUT2D eigenvalue weighted by Crippen LogP contribution is -2.17. The van der Waals surface area contributed by atoms with Crippen LogP contribution in [0.4, 0.5) is 5.95 Å². The number of nitrogens with one attached hydrogen (secondary N) is 3. The maximum atomic E-state index is 12.1. The number of aromatic nitrogens is 4. The number of carbonyl (C=O) groups is 1. The van der Waals surface area contributed by atoms with Gasteiger partial charge in [0.05, 0.1) is 11.9 Å². The highest BCUT2D eigenvalue weighted by atomic mass is 16.3. The van der Waals surface area contributed by atoms with Crippen molar-refractivity contribution in [2.45, 2.75) is 6.92 Å². The molecule has 19 heavy (non-hydrogen) atoms. The molecule has 0 radical (unpaired) electrons. The Labute approximate surface area is 105 Å². The Morgan fingerprint density at radius 2 is 2.21 bits per heavy atom. The molecule has 1 amide bonds. The standard InChI is InChI=1S/C11H9N5O3/c1-5-6(9(18)16-11-12-2-3-13-11)7-8(17)14-4-15-10(7)19-5/h2-4H,1H3,(H,14,15,17)(H2,12,13,16,18). The fraction of sp³-hybridized carbons (Fsp3) is 0.0909. The molecule has 0 aliphatic rings. The summed E-state index contributed by atoms with van der Waals surface area (Å²) in [6, 6.07) is 0. The number of fused-ring (bicyclic) bond motifs is 1. The van der Waals surface area contributed by atoms with Gasteiger partial charge in [0.1, 0.15) is 11.1 Å². The summed E-state index contributed by atoms with van der Waals surface area (Å²) in [6.07, 6.45) is 4.30. The first-order valence-electron chi connectivity index (χ1n) is 5.44. The van der Waals surface area contributed by atoms with E-state index in [-0.39, 0.29) is 16.7 Å². The zero-order valence-electron chi connectivity index (χ0n) is 9.85. The van der Waals surface area contributed by atoms with E-state index in [1.165, 1.54) is 12.5 Å². The number of aromatic amines is 2. The summed E-state index contributed by atoms with van der Waals surface area (Å²) in [6.45, 7) is 1.60. The number of hydrogen-bond acceptors (Lipinski definition) is 5. The number of furan rings is 1. The molecule has 0 fully saturated rings. The van der Waals surface area contributed by atoms with Gasteiger partial charge < -0.3 is 14.4 Å². The number of aryl methyl sites for hydroxylation is 1. The third-order valence-corrected chi connectivity index (χ3v) is 2.63. The van der Waals surface area contributed by atoms with Gasteiger partial charge in [-0.15, -0.1) is 0 Å². The average Bonchev–Trinajstić information content (AvgIpc) is 2.96. The fourth-order valence-corrected chi connectivity index (χ4v) is 1.83.